The zero-order valence-corrected chi connectivity index (χ0v) is 16.3. The smallest absolute Gasteiger partial charge is 0.256 e. The van der Waals surface area contributed by atoms with Crippen LogP contribution < -0.4 is 5.32 Å². The highest BCUT2D eigenvalue weighted by Gasteiger charge is 2.32. The molecule has 0 unspecified atom stereocenters. The number of halogens is 1. The predicted octanol–water partition coefficient (Wildman–Crippen LogP) is 1.26. The molecule has 4 rings (SSSR count). The summed E-state index contributed by atoms with van der Waals surface area (Å²) in [6, 6.07) is 5.23. The van der Waals surface area contributed by atoms with Crippen molar-refractivity contribution in [2.45, 2.75) is 6.04 Å². The minimum absolute atomic E-state index is 0.0587. The highest BCUT2D eigenvalue weighted by atomic mass is 32.2. The molecule has 0 saturated carbocycles. The molecule has 8 nitrogen and oxygen atoms in total. The van der Waals surface area contributed by atoms with Gasteiger partial charge in [-0.05, 0) is 18.2 Å². The van der Waals surface area contributed by atoms with E-state index >= 15 is 0 Å². The van der Waals surface area contributed by atoms with Crippen molar-refractivity contribution < 1.29 is 17.6 Å². The number of amides is 1. The van der Waals surface area contributed by atoms with Crippen LogP contribution in [0.25, 0.3) is 0 Å². The van der Waals surface area contributed by atoms with Gasteiger partial charge in [0.05, 0.1) is 11.3 Å². The molecule has 1 N–H and O–H groups in total. The van der Waals surface area contributed by atoms with E-state index < -0.39 is 27.8 Å². The Morgan fingerprint density at radius 1 is 1.31 bits per heavy atom. The van der Waals surface area contributed by atoms with Crippen LogP contribution in [0.4, 0.5) is 4.39 Å². The number of benzene rings is 1. The molecule has 0 saturated heterocycles. The number of fused-ring (bicyclic) bond motifs is 1. The van der Waals surface area contributed by atoms with Crippen LogP contribution in [0, 0.1) is 5.82 Å². The number of aromatic nitrogens is 2. The zero-order chi connectivity index (χ0) is 20.6. The summed E-state index contributed by atoms with van der Waals surface area (Å²) in [5.41, 5.74) is 0.337. The molecule has 3 heterocycles. The molecule has 10 heteroatoms. The summed E-state index contributed by atoms with van der Waals surface area (Å²) in [7, 11) is -1.90. The van der Waals surface area contributed by atoms with E-state index in [0.29, 0.717) is 5.82 Å². The Hall–Kier alpha value is -3.27. The monoisotopic (exact) mass is 415 g/mol. The highest BCUT2D eigenvalue weighted by Crippen LogP contribution is 2.25. The van der Waals surface area contributed by atoms with Gasteiger partial charge >= 0.3 is 0 Å². The number of carbonyl (C=O) groups is 1. The minimum atomic E-state index is -3.64. The number of nitrogens with one attached hydrogen (secondary N) is 1. The van der Waals surface area contributed by atoms with E-state index in [1.54, 1.807) is 59.4 Å². The predicted molar refractivity (Wildman–Crippen MR) is 105 cm³/mol. The second kappa shape index (κ2) is 7.28. The van der Waals surface area contributed by atoms with Gasteiger partial charge in [-0.1, -0.05) is 18.2 Å². The van der Waals surface area contributed by atoms with Crippen LogP contribution in [0.5, 0.6) is 0 Å². The number of carbonyl (C=O) groups excluding carboxylic acids is 1. The Kier molecular flexibility index (Phi) is 4.79. The van der Waals surface area contributed by atoms with Crippen molar-refractivity contribution in [1.82, 2.24) is 19.8 Å². The molecule has 1 aromatic carbocycles. The molecule has 150 valence electrons. The van der Waals surface area contributed by atoms with E-state index in [-0.39, 0.29) is 29.3 Å². The lowest BCUT2D eigenvalue weighted by atomic mass is 10.0. The maximum absolute atomic E-state index is 14.5. The zero-order valence-electron chi connectivity index (χ0n) is 15.5. The number of allylic oxidation sites excluding steroid dienone is 2. The summed E-state index contributed by atoms with van der Waals surface area (Å²) in [6.45, 7) is 0.207. The third kappa shape index (κ3) is 3.70. The third-order valence-corrected chi connectivity index (χ3v) is 5.86. The molecule has 29 heavy (non-hydrogen) atoms. The number of aryl methyl sites for hydroxylation is 1. The average Bonchev–Trinajstić information content (AvgIpc) is 3.11. The normalized spacial score (nSPS) is 18.5. The van der Waals surface area contributed by atoms with Crippen LogP contribution >= 0.6 is 0 Å². The van der Waals surface area contributed by atoms with Crippen LogP contribution in [-0.2, 0) is 21.9 Å². The fourth-order valence-corrected chi connectivity index (χ4v) is 4.23. The van der Waals surface area contributed by atoms with Gasteiger partial charge in [-0.25, -0.2) is 17.8 Å². The molecule has 0 spiro atoms. The standard InChI is InChI=1S/C19H18FN5O3S/c1-24-10-8-21-18(24)16(13-5-2-3-7-15(13)20)22-19(26)14-6-4-9-25-11-12-29(27,28)23-17(14)25/h2-10,16H,11-12H2,1H3,(H,22,26)/t16-/m0/s1. The van der Waals surface area contributed by atoms with Gasteiger partial charge in [-0.2, -0.15) is 0 Å². The molecule has 2 aromatic rings. The van der Waals surface area contributed by atoms with Gasteiger partial charge in [0.1, 0.15) is 17.7 Å². The molecule has 2 aliphatic heterocycles. The number of hydrogen-bond acceptors (Lipinski definition) is 5. The molecule has 0 radical (unpaired) electrons. The fourth-order valence-electron chi connectivity index (χ4n) is 3.25. The lowest BCUT2D eigenvalue weighted by Crippen LogP contribution is -2.43. The van der Waals surface area contributed by atoms with Gasteiger partial charge in [0.2, 0.25) is 0 Å². The molecule has 0 fully saturated rings. The van der Waals surface area contributed by atoms with Crippen LogP contribution in [-0.4, -0.2) is 46.9 Å². The van der Waals surface area contributed by atoms with E-state index in [0.717, 1.165) is 0 Å². The van der Waals surface area contributed by atoms with Crippen molar-refractivity contribution >= 4 is 21.8 Å². The highest BCUT2D eigenvalue weighted by molar-refractivity contribution is 7.90. The van der Waals surface area contributed by atoms with E-state index in [1.807, 2.05) is 0 Å². The third-order valence-electron chi connectivity index (χ3n) is 4.71. The molecule has 1 amide bonds. The van der Waals surface area contributed by atoms with Crippen LogP contribution in [0.3, 0.4) is 0 Å². The van der Waals surface area contributed by atoms with E-state index in [9.17, 15) is 17.6 Å². The number of nitrogens with zero attached hydrogens (tertiary/aromatic N) is 4. The summed E-state index contributed by atoms with van der Waals surface area (Å²) in [6.07, 6.45) is 8.04. The van der Waals surface area contributed by atoms with Gasteiger partial charge in [-0.15, -0.1) is 4.40 Å². The van der Waals surface area contributed by atoms with Gasteiger partial charge in [0.15, 0.2) is 5.84 Å². The van der Waals surface area contributed by atoms with Gasteiger partial charge in [0.25, 0.3) is 15.9 Å². The number of amidine groups is 1. The quantitative estimate of drug-likeness (QED) is 0.811. The summed E-state index contributed by atoms with van der Waals surface area (Å²) < 4.78 is 43.8. The van der Waals surface area contributed by atoms with E-state index in [1.165, 1.54) is 12.1 Å². The van der Waals surface area contributed by atoms with Crippen molar-refractivity contribution in [2.24, 2.45) is 11.4 Å². The molecule has 2 aliphatic rings. The Bertz CT molecular complexity index is 1170. The Balaban J connectivity index is 1.72. The maximum Gasteiger partial charge on any atom is 0.256 e. The largest absolute Gasteiger partial charge is 0.338 e. The Morgan fingerprint density at radius 3 is 2.83 bits per heavy atom. The molecule has 0 aliphatic carbocycles. The lowest BCUT2D eigenvalue weighted by Gasteiger charge is -2.29. The SMILES string of the molecule is Cn1ccnc1[C@@H](NC(=O)C1=CC=CN2CCS(=O)(=O)N=C12)c1ccccc1F. The number of hydrogen-bond donors (Lipinski definition) is 1. The first-order valence-electron chi connectivity index (χ1n) is 8.86. The number of rotatable bonds is 4. The Morgan fingerprint density at radius 2 is 2.10 bits per heavy atom. The first-order chi connectivity index (χ1) is 13.9. The maximum atomic E-state index is 14.5. The summed E-state index contributed by atoms with van der Waals surface area (Å²) in [4.78, 5) is 18.9. The number of imidazole rings is 1. The van der Waals surface area contributed by atoms with Crippen molar-refractivity contribution in [2.75, 3.05) is 12.3 Å². The van der Waals surface area contributed by atoms with Crippen molar-refractivity contribution in [3.05, 3.63) is 77.8 Å². The first kappa shape index (κ1) is 19.1. The van der Waals surface area contributed by atoms with Crippen LogP contribution in [0.15, 0.2) is 65.0 Å². The summed E-state index contributed by atoms with van der Waals surface area (Å²) in [5.74, 6) is -0.696. The van der Waals surface area contributed by atoms with Crippen LogP contribution in [0.1, 0.15) is 17.4 Å². The topological polar surface area (TPSA) is 96.7 Å². The molecular weight excluding hydrogens is 397 g/mol. The average molecular weight is 415 g/mol. The van der Waals surface area contributed by atoms with Crippen molar-refractivity contribution in [3.63, 3.8) is 0 Å². The van der Waals surface area contributed by atoms with E-state index in [4.69, 9.17) is 0 Å². The number of sulfonamides is 1. The van der Waals surface area contributed by atoms with E-state index in [2.05, 4.69) is 14.7 Å². The second-order valence-corrected chi connectivity index (χ2v) is 8.40. The minimum Gasteiger partial charge on any atom is -0.338 e. The van der Waals surface area contributed by atoms with Gasteiger partial charge in [-0.3, -0.25) is 4.79 Å². The molecule has 0 bridgehead atoms. The second-order valence-electron chi connectivity index (χ2n) is 6.64. The molecule has 1 aromatic heterocycles. The first-order valence-corrected chi connectivity index (χ1v) is 10.5. The van der Waals surface area contributed by atoms with Gasteiger partial charge < -0.3 is 14.8 Å². The van der Waals surface area contributed by atoms with Crippen molar-refractivity contribution in [3.8, 4) is 0 Å². The summed E-state index contributed by atoms with van der Waals surface area (Å²) >= 11 is 0. The summed E-state index contributed by atoms with van der Waals surface area (Å²) in [5, 5.41) is 2.78. The van der Waals surface area contributed by atoms with Crippen LogP contribution in [0.2, 0.25) is 0 Å². The fraction of sp³-hybridized carbons (Fsp3) is 0.211. The Labute approximate surface area is 167 Å². The lowest BCUT2D eigenvalue weighted by molar-refractivity contribution is -0.117. The molecular formula is C19H18FN5O3S. The van der Waals surface area contributed by atoms with Crippen molar-refractivity contribution in [1.29, 1.82) is 0 Å². The molecule has 1 atom stereocenters. The van der Waals surface area contributed by atoms with Gasteiger partial charge in [0, 0.05) is 37.7 Å².